The summed E-state index contributed by atoms with van der Waals surface area (Å²) in [5, 5.41) is 0.637. The van der Waals surface area contributed by atoms with Gasteiger partial charge < -0.3 is 18.6 Å². The lowest BCUT2D eigenvalue weighted by atomic mass is 9.67. The summed E-state index contributed by atoms with van der Waals surface area (Å²) in [6.07, 6.45) is 3.40. The van der Waals surface area contributed by atoms with Crippen LogP contribution in [0.25, 0.3) is 11.0 Å². The van der Waals surface area contributed by atoms with Crippen molar-refractivity contribution in [2.75, 3.05) is 0 Å². The van der Waals surface area contributed by atoms with Gasteiger partial charge in [0.2, 0.25) is 0 Å². The molecule has 0 spiro atoms. The molecule has 4 aromatic carbocycles. The number of hydrogen-bond acceptors (Lipinski definition) is 7. The van der Waals surface area contributed by atoms with Gasteiger partial charge in [0.15, 0.2) is 17.8 Å². The highest BCUT2D eigenvalue weighted by Crippen LogP contribution is 2.50. The van der Waals surface area contributed by atoms with E-state index in [1.807, 2.05) is 32.9 Å². The summed E-state index contributed by atoms with van der Waals surface area (Å²) in [7, 11) is 0. The number of aryl methyl sites for hydroxylation is 1. The molecule has 4 heterocycles. The highest BCUT2D eigenvalue weighted by Gasteiger charge is 2.53. The number of hydrogen-bond donors (Lipinski definition) is 0. The van der Waals surface area contributed by atoms with E-state index in [1.165, 1.54) is 33.9 Å². The lowest BCUT2D eigenvalue weighted by Crippen LogP contribution is -2.54. The molecular weight excluding hydrogens is 725 g/mol. The Balaban J connectivity index is 1.17. The molecular formula is C51H48O7. The van der Waals surface area contributed by atoms with Gasteiger partial charge in [-0.1, -0.05) is 90.2 Å². The average molecular weight is 773 g/mol. The van der Waals surface area contributed by atoms with Gasteiger partial charge in [0, 0.05) is 29.9 Å². The van der Waals surface area contributed by atoms with Crippen LogP contribution in [0.4, 0.5) is 0 Å². The minimum absolute atomic E-state index is 0.0353. The van der Waals surface area contributed by atoms with Gasteiger partial charge in [-0.3, -0.25) is 4.79 Å². The molecule has 4 aliphatic rings. The molecule has 58 heavy (non-hydrogen) atoms. The highest BCUT2D eigenvalue weighted by atomic mass is 16.6. The minimum atomic E-state index is -1.21. The second-order valence-corrected chi connectivity index (χ2v) is 17.0. The standard InChI is InChI=1S/C51H48O7/c1-31(2)40-20-15-33-16-21-41-38(27-33)13-7-8-25-51(3)49(57-50(40)54)48(46-43(58-51)23-18-35-19-24-44(52)55-47(35)46)56-45(53)30-39-29-37(17-22-42(39)41)36-14-9-12-34(28-36)26-32-10-5-4-6-11-32/h4-6,9-12,14,16,18-19,21,23-24,27-28,37,39,42,48-49H,13,15,17,20,22,25-26,29-30H2,1-3H3. The predicted molar refractivity (Wildman–Crippen MR) is 223 cm³/mol. The Bertz CT molecular complexity index is 2570. The fourth-order valence-electron chi connectivity index (χ4n) is 9.85. The van der Waals surface area contributed by atoms with Crippen LogP contribution in [0.5, 0.6) is 5.75 Å². The Kier molecular flexibility index (Phi) is 10.1. The topological polar surface area (TPSA) is 92.0 Å². The SMILES string of the molecule is CC(C)=C1CCc2ccc3c(c2)CC#CCC2(C)Oc4ccc5ccc(=O)oc5c4C(OC(=O)CC4CC(c5cccc(Cc6ccccc6)c5)CCC34)C2OC1=O. The molecule has 0 amide bonds. The summed E-state index contributed by atoms with van der Waals surface area (Å²) in [5.41, 5.74) is 7.65. The van der Waals surface area contributed by atoms with E-state index in [1.54, 1.807) is 12.1 Å². The van der Waals surface area contributed by atoms with Crippen LogP contribution in [0.2, 0.25) is 0 Å². The predicted octanol–water partition coefficient (Wildman–Crippen LogP) is 10.0. The van der Waals surface area contributed by atoms with Crippen LogP contribution >= 0.6 is 0 Å². The third kappa shape index (κ3) is 7.37. The van der Waals surface area contributed by atoms with Crippen LogP contribution in [0.3, 0.4) is 0 Å². The van der Waals surface area contributed by atoms with Crippen LogP contribution in [0, 0.1) is 17.8 Å². The summed E-state index contributed by atoms with van der Waals surface area (Å²) in [6.45, 7) is 5.69. The van der Waals surface area contributed by atoms with E-state index in [0.717, 1.165) is 36.8 Å². The molecule has 0 radical (unpaired) electrons. The van der Waals surface area contributed by atoms with Crippen LogP contribution in [-0.4, -0.2) is 23.6 Å². The van der Waals surface area contributed by atoms with E-state index < -0.39 is 35.4 Å². The molecule has 1 aliphatic carbocycles. The van der Waals surface area contributed by atoms with Crippen molar-refractivity contribution in [2.24, 2.45) is 5.92 Å². The van der Waals surface area contributed by atoms with Crippen molar-refractivity contribution in [3.05, 3.63) is 158 Å². The molecule has 3 aliphatic heterocycles. The zero-order valence-corrected chi connectivity index (χ0v) is 33.3. The molecule has 5 bridgehead atoms. The fourth-order valence-corrected chi connectivity index (χ4v) is 9.85. The third-order valence-corrected chi connectivity index (χ3v) is 12.8. The Morgan fingerprint density at radius 2 is 1.66 bits per heavy atom. The molecule has 9 rings (SSSR count). The van der Waals surface area contributed by atoms with Gasteiger partial charge in [0.1, 0.15) is 11.3 Å². The largest absolute Gasteiger partial charge is 0.482 e. The molecule has 294 valence electrons. The van der Waals surface area contributed by atoms with Crippen LogP contribution in [-0.2, 0) is 38.3 Å². The Morgan fingerprint density at radius 3 is 2.50 bits per heavy atom. The molecule has 0 saturated heterocycles. The van der Waals surface area contributed by atoms with Crippen LogP contribution in [0.1, 0.15) is 116 Å². The van der Waals surface area contributed by atoms with Gasteiger partial charge in [-0.25, -0.2) is 9.59 Å². The molecule has 0 N–H and O–H groups in total. The maximum Gasteiger partial charge on any atom is 0.336 e. The summed E-state index contributed by atoms with van der Waals surface area (Å²) < 4.78 is 25.7. The molecule has 1 fully saturated rings. The maximum atomic E-state index is 14.7. The second kappa shape index (κ2) is 15.5. The first-order chi connectivity index (χ1) is 28.1. The summed E-state index contributed by atoms with van der Waals surface area (Å²) in [5.74, 6) is 6.70. The number of fused-ring (bicyclic) bond motifs is 9. The molecule has 1 aromatic heterocycles. The van der Waals surface area contributed by atoms with E-state index in [9.17, 15) is 14.4 Å². The van der Waals surface area contributed by atoms with Crippen molar-refractivity contribution in [1.29, 1.82) is 0 Å². The lowest BCUT2D eigenvalue weighted by Gasteiger charge is -2.45. The van der Waals surface area contributed by atoms with Crippen LogP contribution in [0.15, 0.2) is 117 Å². The van der Waals surface area contributed by atoms with Crippen molar-refractivity contribution in [3.8, 4) is 17.6 Å². The Morgan fingerprint density at radius 1 is 0.828 bits per heavy atom. The normalized spacial score (nSPS) is 25.4. The average Bonchev–Trinajstić information content (AvgIpc) is 3.20. The number of carbonyl (C=O) groups excluding carboxylic acids is 2. The Labute approximate surface area is 339 Å². The fraction of sp³-hybridized carbons (Fsp3) is 0.353. The number of allylic oxidation sites excluding steroid dienone is 1. The minimum Gasteiger partial charge on any atom is -0.482 e. The third-order valence-electron chi connectivity index (χ3n) is 12.8. The van der Waals surface area contributed by atoms with Crippen molar-refractivity contribution in [3.63, 3.8) is 0 Å². The van der Waals surface area contributed by atoms with Gasteiger partial charge in [-0.15, -0.1) is 0 Å². The molecule has 5 aromatic rings. The number of rotatable bonds is 3. The first-order valence-corrected chi connectivity index (χ1v) is 20.6. The van der Waals surface area contributed by atoms with Gasteiger partial charge in [-0.05, 0) is 129 Å². The van der Waals surface area contributed by atoms with Crippen molar-refractivity contribution < 1.29 is 28.2 Å². The molecule has 6 atom stereocenters. The zero-order valence-electron chi connectivity index (χ0n) is 33.3. The van der Waals surface area contributed by atoms with E-state index >= 15 is 0 Å². The maximum absolute atomic E-state index is 14.7. The smallest absolute Gasteiger partial charge is 0.336 e. The summed E-state index contributed by atoms with van der Waals surface area (Å²) in [4.78, 5) is 41.8. The highest BCUT2D eigenvalue weighted by molar-refractivity contribution is 5.90. The molecule has 6 unspecified atom stereocenters. The number of esters is 2. The number of benzene rings is 4. The number of carbonyl (C=O) groups is 2. The molecule has 7 heteroatoms. The van der Waals surface area contributed by atoms with E-state index in [4.69, 9.17) is 18.6 Å². The number of ether oxygens (including phenoxy) is 3. The van der Waals surface area contributed by atoms with Crippen molar-refractivity contribution >= 4 is 22.9 Å². The van der Waals surface area contributed by atoms with Crippen LogP contribution < -0.4 is 10.4 Å². The zero-order chi connectivity index (χ0) is 40.0. The summed E-state index contributed by atoms with van der Waals surface area (Å²) >= 11 is 0. The quantitative estimate of drug-likeness (QED) is 0.0781. The van der Waals surface area contributed by atoms with E-state index in [0.29, 0.717) is 41.5 Å². The first kappa shape index (κ1) is 37.7. The molecule has 7 nitrogen and oxygen atoms in total. The Hall–Kier alpha value is -5.87. The summed E-state index contributed by atoms with van der Waals surface area (Å²) in [6, 6.07) is 32.8. The lowest BCUT2D eigenvalue weighted by molar-refractivity contribution is -0.190. The van der Waals surface area contributed by atoms with Gasteiger partial charge in [0.05, 0.1) is 12.0 Å². The second-order valence-electron chi connectivity index (χ2n) is 17.0. The van der Waals surface area contributed by atoms with Crippen molar-refractivity contribution in [2.45, 2.75) is 108 Å². The monoisotopic (exact) mass is 772 g/mol. The van der Waals surface area contributed by atoms with Gasteiger partial charge >= 0.3 is 17.6 Å². The van der Waals surface area contributed by atoms with Crippen molar-refractivity contribution in [1.82, 2.24) is 0 Å². The first-order valence-electron chi connectivity index (χ1n) is 20.6. The van der Waals surface area contributed by atoms with E-state index in [2.05, 4.69) is 78.6 Å². The molecule has 1 saturated carbocycles. The van der Waals surface area contributed by atoms with Gasteiger partial charge in [-0.2, -0.15) is 0 Å². The van der Waals surface area contributed by atoms with E-state index in [-0.39, 0.29) is 36.2 Å². The van der Waals surface area contributed by atoms with Gasteiger partial charge in [0.25, 0.3) is 0 Å².